The second-order valence-electron chi connectivity index (χ2n) is 7.43. The molecule has 1 N–H and O–H groups in total. The van der Waals surface area contributed by atoms with Gasteiger partial charge in [-0.3, -0.25) is 9.10 Å². The van der Waals surface area contributed by atoms with Crippen molar-refractivity contribution >= 4 is 33.2 Å². The monoisotopic (exact) mass is 458 g/mol. The van der Waals surface area contributed by atoms with Gasteiger partial charge >= 0.3 is 0 Å². The van der Waals surface area contributed by atoms with Gasteiger partial charge in [0.2, 0.25) is 5.91 Å². The standard InChI is InChI=1S/C20H24ClFN2O5S/c1-20(2,3)23-19(25)12-24(13-6-8-16(22)15(21)10-13)30(26,27)14-7-9-17(28-4)18(11-14)29-5/h6-11H,12H2,1-5H3,(H,23,25). The quantitative estimate of drug-likeness (QED) is 0.685. The Morgan fingerprint density at radius 1 is 1.10 bits per heavy atom. The number of sulfonamides is 1. The molecule has 0 atom stereocenters. The third-order valence-corrected chi connectivity index (χ3v) is 6.00. The van der Waals surface area contributed by atoms with E-state index in [1.165, 1.54) is 38.5 Å². The molecule has 0 saturated carbocycles. The zero-order valence-electron chi connectivity index (χ0n) is 17.3. The molecule has 0 aliphatic heterocycles. The van der Waals surface area contributed by atoms with E-state index < -0.39 is 33.8 Å². The van der Waals surface area contributed by atoms with Crippen LogP contribution in [0.3, 0.4) is 0 Å². The summed E-state index contributed by atoms with van der Waals surface area (Å²) in [4.78, 5) is 12.4. The zero-order valence-corrected chi connectivity index (χ0v) is 18.9. The molecule has 0 saturated heterocycles. The molecule has 2 aromatic carbocycles. The lowest BCUT2D eigenvalue weighted by Crippen LogP contribution is -2.47. The first-order valence-corrected chi connectivity index (χ1v) is 10.7. The van der Waals surface area contributed by atoms with Crippen LogP contribution in [0.1, 0.15) is 20.8 Å². The molecule has 2 rings (SSSR count). The number of nitrogens with one attached hydrogen (secondary N) is 1. The first kappa shape index (κ1) is 23.8. The van der Waals surface area contributed by atoms with Crippen LogP contribution in [0.4, 0.5) is 10.1 Å². The molecule has 0 heterocycles. The number of nitrogens with zero attached hydrogens (tertiary/aromatic N) is 1. The summed E-state index contributed by atoms with van der Waals surface area (Å²) < 4.78 is 51.6. The van der Waals surface area contributed by atoms with Gasteiger partial charge in [0, 0.05) is 11.6 Å². The molecule has 164 valence electrons. The lowest BCUT2D eigenvalue weighted by Gasteiger charge is -2.27. The molecule has 7 nitrogen and oxygen atoms in total. The van der Waals surface area contributed by atoms with Crippen molar-refractivity contribution in [1.29, 1.82) is 0 Å². The number of anilines is 1. The lowest BCUT2D eigenvalue weighted by molar-refractivity contribution is -0.121. The largest absolute Gasteiger partial charge is 0.493 e. The van der Waals surface area contributed by atoms with Gasteiger partial charge in [0.1, 0.15) is 12.4 Å². The molecule has 0 fully saturated rings. The van der Waals surface area contributed by atoms with E-state index in [2.05, 4.69) is 5.32 Å². The van der Waals surface area contributed by atoms with E-state index in [1.807, 2.05) is 0 Å². The molecule has 2 aromatic rings. The van der Waals surface area contributed by atoms with Gasteiger partial charge in [-0.05, 0) is 51.1 Å². The van der Waals surface area contributed by atoms with Crippen LogP contribution >= 0.6 is 11.6 Å². The first-order chi connectivity index (χ1) is 13.9. The number of ether oxygens (including phenoxy) is 2. The number of halogens is 2. The van der Waals surface area contributed by atoms with Gasteiger partial charge in [0.25, 0.3) is 10.0 Å². The maximum atomic E-state index is 13.6. The third-order valence-electron chi connectivity index (χ3n) is 3.94. The molecule has 1 amide bonds. The van der Waals surface area contributed by atoms with Crippen molar-refractivity contribution < 1.29 is 27.1 Å². The summed E-state index contributed by atoms with van der Waals surface area (Å²) in [5, 5.41) is 2.45. The Bertz CT molecular complexity index is 1040. The Labute approximate surface area is 180 Å². The van der Waals surface area contributed by atoms with Crippen LogP contribution in [-0.4, -0.2) is 40.6 Å². The van der Waals surface area contributed by atoms with Crippen molar-refractivity contribution in [2.45, 2.75) is 31.2 Å². The van der Waals surface area contributed by atoms with E-state index in [0.717, 1.165) is 16.4 Å². The maximum absolute atomic E-state index is 13.6. The lowest BCUT2D eigenvalue weighted by atomic mass is 10.1. The summed E-state index contributed by atoms with van der Waals surface area (Å²) in [5.41, 5.74) is -0.531. The fourth-order valence-electron chi connectivity index (χ4n) is 2.65. The van der Waals surface area contributed by atoms with E-state index in [4.69, 9.17) is 21.1 Å². The maximum Gasteiger partial charge on any atom is 0.264 e. The van der Waals surface area contributed by atoms with Crippen molar-refractivity contribution in [3.8, 4) is 11.5 Å². The highest BCUT2D eigenvalue weighted by molar-refractivity contribution is 7.92. The summed E-state index contributed by atoms with van der Waals surface area (Å²) in [7, 11) is -1.43. The Kier molecular flexibility index (Phi) is 7.20. The molecular formula is C20H24ClFN2O5S. The number of carbonyl (C=O) groups excluding carboxylic acids is 1. The van der Waals surface area contributed by atoms with Gasteiger partial charge < -0.3 is 14.8 Å². The van der Waals surface area contributed by atoms with Crippen molar-refractivity contribution in [3.63, 3.8) is 0 Å². The van der Waals surface area contributed by atoms with E-state index in [9.17, 15) is 17.6 Å². The molecule has 0 aromatic heterocycles. The minimum Gasteiger partial charge on any atom is -0.493 e. The third kappa shape index (κ3) is 5.54. The number of carbonyl (C=O) groups is 1. The number of hydrogen-bond donors (Lipinski definition) is 1. The minimum atomic E-state index is -4.24. The topological polar surface area (TPSA) is 84.9 Å². The second-order valence-corrected chi connectivity index (χ2v) is 9.69. The van der Waals surface area contributed by atoms with Crippen LogP contribution < -0.4 is 19.1 Å². The van der Waals surface area contributed by atoms with Crippen LogP contribution in [0.5, 0.6) is 11.5 Å². The van der Waals surface area contributed by atoms with Crippen LogP contribution in [0.2, 0.25) is 5.02 Å². The van der Waals surface area contributed by atoms with Gasteiger partial charge in [-0.2, -0.15) is 0 Å². The van der Waals surface area contributed by atoms with E-state index in [1.54, 1.807) is 20.8 Å². The van der Waals surface area contributed by atoms with E-state index in [0.29, 0.717) is 5.75 Å². The average Bonchev–Trinajstić information content (AvgIpc) is 2.66. The summed E-state index contributed by atoms with van der Waals surface area (Å²) in [6.07, 6.45) is 0. The van der Waals surface area contributed by atoms with Crippen LogP contribution in [0.25, 0.3) is 0 Å². The molecule has 0 bridgehead atoms. The predicted molar refractivity (Wildman–Crippen MR) is 113 cm³/mol. The van der Waals surface area contributed by atoms with Crippen LogP contribution in [0.15, 0.2) is 41.3 Å². The highest BCUT2D eigenvalue weighted by Gasteiger charge is 2.29. The van der Waals surface area contributed by atoms with Crippen LogP contribution in [0, 0.1) is 5.82 Å². The number of benzene rings is 2. The summed E-state index contributed by atoms with van der Waals surface area (Å²) >= 11 is 5.85. The summed E-state index contributed by atoms with van der Waals surface area (Å²) in [5.74, 6) is -0.692. The van der Waals surface area contributed by atoms with Crippen molar-refractivity contribution in [2.75, 3.05) is 25.1 Å². The van der Waals surface area contributed by atoms with Gasteiger partial charge in [0.15, 0.2) is 11.5 Å². The fourth-order valence-corrected chi connectivity index (χ4v) is 4.25. The zero-order chi connectivity index (χ0) is 22.7. The fraction of sp³-hybridized carbons (Fsp3) is 0.350. The smallest absolute Gasteiger partial charge is 0.264 e. The van der Waals surface area contributed by atoms with Gasteiger partial charge in [-0.25, -0.2) is 12.8 Å². The summed E-state index contributed by atoms with van der Waals surface area (Å²) in [6, 6.07) is 7.49. The van der Waals surface area contributed by atoms with E-state index in [-0.39, 0.29) is 21.4 Å². The Morgan fingerprint density at radius 2 is 1.73 bits per heavy atom. The highest BCUT2D eigenvalue weighted by atomic mass is 35.5. The first-order valence-electron chi connectivity index (χ1n) is 8.90. The normalized spacial score (nSPS) is 11.7. The number of hydrogen-bond acceptors (Lipinski definition) is 5. The molecule has 0 aliphatic rings. The molecule has 30 heavy (non-hydrogen) atoms. The average molecular weight is 459 g/mol. The van der Waals surface area contributed by atoms with Gasteiger partial charge in [-0.1, -0.05) is 11.6 Å². The number of rotatable bonds is 7. The molecule has 0 aliphatic carbocycles. The molecular weight excluding hydrogens is 435 g/mol. The minimum absolute atomic E-state index is 0.0419. The molecule has 0 spiro atoms. The molecule has 0 radical (unpaired) electrons. The van der Waals surface area contributed by atoms with Crippen molar-refractivity contribution in [2.24, 2.45) is 0 Å². The predicted octanol–water partition coefficient (Wildman–Crippen LogP) is 3.61. The van der Waals surface area contributed by atoms with Crippen molar-refractivity contribution in [1.82, 2.24) is 5.32 Å². The second kappa shape index (κ2) is 9.09. The van der Waals surface area contributed by atoms with E-state index >= 15 is 0 Å². The Hall–Kier alpha value is -2.52. The number of methoxy groups -OCH3 is 2. The summed E-state index contributed by atoms with van der Waals surface area (Å²) in [6.45, 7) is 4.78. The highest BCUT2D eigenvalue weighted by Crippen LogP contribution is 2.33. The van der Waals surface area contributed by atoms with Crippen molar-refractivity contribution in [3.05, 3.63) is 47.2 Å². The molecule has 10 heteroatoms. The van der Waals surface area contributed by atoms with Crippen LogP contribution in [-0.2, 0) is 14.8 Å². The Balaban J connectivity index is 2.56. The SMILES string of the molecule is COc1ccc(S(=O)(=O)N(CC(=O)NC(C)(C)C)c2ccc(F)c(Cl)c2)cc1OC. The molecule has 0 unspecified atom stereocenters. The van der Waals surface area contributed by atoms with Gasteiger partial charge in [0.05, 0.1) is 29.8 Å². The van der Waals surface area contributed by atoms with Gasteiger partial charge in [-0.15, -0.1) is 0 Å². The number of amides is 1. The Morgan fingerprint density at radius 3 is 2.27 bits per heavy atom.